The van der Waals surface area contributed by atoms with Gasteiger partial charge < -0.3 is 9.69 Å². The van der Waals surface area contributed by atoms with Crippen LogP contribution in [0, 0.1) is 24.0 Å². The first-order chi connectivity index (χ1) is 18.2. The zero-order valence-corrected chi connectivity index (χ0v) is 24.8. The van der Waals surface area contributed by atoms with Gasteiger partial charge in [0.2, 0.25) is 13.1 Å². The van der Waals surface area contributed by atoms with Gasteiger partial charge >= 0.3 is 0 Å². The van der Waals surface area contributed by atoms with Gasteiger partial charge in [0.05, 0.1) is 0 Å². The molecule has 0 aromatic rings. The Hall–Kier alpha value is -1.02. The van der Waals surface area contributed by atoms with Gasteiger partial charge in [-0.25, -0.2) is 13.1 Å². The molecule has 2 aliphatic carbocycles. The largest absolute Gasteiger partial charge is 0.317 e. The second-order valence-corrected chi connectivity index (χ2v) is 13.2. The van der Waals surface area contributed by atoms with E-state index in [-0.39, 0.29) is 0 Å². The molecule has 0 N–H and O–H groups in total. The lowest BCUT2D eigenvalue weighted by Crippen LogP contribution is -2.35. The van der Waals surface area contributed by atoms with Gasteiger partial charge in [-0.2, -0.15) is 0 Å². The molecule has 0 unspecified atom stereocenters. The normalized spacial score (nSPS) is 18.8. The Balaban J connectivity index is 1.71. The van der Waals surface area contributed by atoms with E-state index in [1.165, 1.54) is 167 Å². The van der Waals surface area contributed by atoms with Gasteiger partial charge in [-0.15, -0.1) is 0 Å². The maximum absolute atomic E-state index is 6.89. The number of rotatable bonds is 22. The average Bonchev–Trinajstić information content (AvgIpc) is 2.92. The van der Waals surface area contributed by atoms with Crippen molar-refractivity contribution in [2.45, 2.75) is 186 Å². The fraction of sp³-hybridized carbons (Fsp3) is 0.943. The number of hydrogen-bond donors (Lipinski definition) is 0. The molecule has 2 heteroatoms. The molecular weight excluding hydrogens is 448 g/mol. The Bertz CT molecular complexity index is 558. The first kappa shape index (κ1) is 32.2. The summed E-state index contributed by atoms with van der Waals surface area (Å²) < 4.78 is 0. The van der Waals surface area contributed by atoms with Gasteiger partial charge in [0.25, 0.3) is 0 Å². The van der Waals surface area contributed by atoms with Crippen molar-refractivity contribution in [3.63, 3.8) is 0 Å². The van der Waals surface area contributed by atoms with Crippen LogP contribution in [0.25, 0.3) is 9.69 Å². The third-order valence-corrected chi connectivity index (χ3v) is 10.0. The highest BCUT2D eigenvalue weighted by Crippen LogP contribution is 2.54. The van der Waals surface area contributed by atoms with Crippen LogP contribution in [0.3, 0.4) is 0 Å². The Morgan fingerprint density at radius 3 is 1.00 bits per heavy atom. The van der Waals surface area contributed by atoms with E-state index in [1.807, 2.05) is 0 Å². The van der Waals surface area contributed by atoms with Crippen molar-refractivity contribution in [2.75, 3.05) is 13.1 Å². The highest BCUT2D eigenvalue weighted by molar-refractivity contribution is 4.93. The molecule has 0 atom stereocenters. The topological polar surface area (TPSA) is 8.72 Å². The molecule has 0 aromatic heterocycles. The van der Waals surface area contributed by atoms with E-state index < -0.39 is 0 Å². The molecule has 0 aliphatic heterocycles. The number of nitrogens with zero attached hydrogens (tertiary/aromatic N) is 2. The van der Waals surface area contributed by atoms with Crippen LogP contribution < -0.4 is 0 Å². The standard InChI is InChI=1S/C35H62N2/c1-36-31-23-13-9-5-3-7-11-17-25-34(27-19-15-20-28-34)33-35(29-21-16-22-30-35)26-18-12-8-4-6-10-14-24-32-37-2/h3-33H2. The predicted octanol–water partition coefficient (Wildman–Crippen LogP) is 12.1. The van der Waals surface area contributed by atoms with Gasteiger partial charge in [-0.1, -0.05) is 116 Å². The fourth-order valence-electron chi connectivity index (χ4n) is 7.93. The van der Waals surface area contributed by atoms with Crippen LogP contribution in [0.2, 0.25) is 0 Å². The number of hydrogen-bond acceptors (Lipinski definition) is 0. The van der Waals surface area contributed by atoms with Crippen molar-refractivity contribution >= 4 is 0 Å². The van der Waals surface area contributed by atoms with Crippen LogP contribution in [-0.2, 0) is 0 Å². The van der Waals surface area contributed by atoms with E-state index in [1.54, 1.807) is 6.42 Å². The quantitative estimate of drug-likeness (QED) is 0.101. The SMILES string of the molecule is [C-]#[N+]CCCCCCCCCCC1(CC2(CCCCCCCCCC[N+]#[C-])CCCCC2)CCCCC1. The summed E-state index contributed by atoms with van der Waals surface area (Å²) in [6, 6.07) is 0. The van der Waals surface area contributed by atoms with Gasteiger partial charge in [0, 0.05) is 12.8 Å². The predicted molar refractivity (Wildman–Crippen MR) is 162 cm³/mol. The lowest BCUT2D eigenvalue weighted by Gasteiger charge is -2.48. The third-order valence-electron chi connectivity index (χ3n) is 10.0. The van der Waals surface area contributed by atoms with E-state index in [4.69, 9.17) is 13.1 Å². The lowest BCUT2D eigenvalue weighted by molar-refractivity contribution is 0.0382. The zero-order valence-electron chi connectivity index (χ0n) is 24.8. The fourth-order valence-corrected chi connectivity index (χ4v) is 7.93. The van der Waals surface area contributed by atoms with E-state index in [9.17, 15) is 0 Å². The highest BCUT2D eigenvalue weighted by atomic mass is 14.6. The molecule has 0 bridgehead atoms. The Morgan fingerprint density at radius 2 is 0.676 bits per heavy atom. The van der Waals surface area contributed by atoms with Crippen LogP contribution >= 0.6 is 0 Å². The van der Waals surface area contributed by atoms with E-state index in [0.717, 1.165) is 25.9 Å². The Kier molecular flexibility index (Phi) is 18.2. The van der Waals surface area contributed by atoms with E-state index in [2.05, 4.69) is 9.69 Å². The van der Waals surface area contributed by atoms with Crippen molar-refractivity contribution in [3.8, 4) is 0 Å². The van der Waals surface area contributed by atoms with Gasteiger partial charge in [-0.3, -0.25) is 0 Å². The molecule has 0 amide bonds. The summed E-state index contributed by atoms with van der Waals surface area (Å²) in [5, 5.41) is 0. The molecule has 0 saturated heterocycles. The Morgan fingerprint density at radius 1 is 0.378 bits per heavy atom. The molecule has 2 saturated carbocycles. The lowest BCUT2D eigenvalue weighted by atomic mass is 9.57. The van der Waals surface area contributed by atoms with Crippen LogP contribution in [0.15, 0.2) is 0 Å². The highest BCUT2D eigenvalue weighted by Gasteiger charge is 2.41. The van der Waals surface area contributed by atoms with Crippen LogP contribution in [-0.4, -0.2) is 13.1 Å². The summed E-state index contributed by atoms with van der Waals surface area (Å²) >= 11 is 0. The minimum absolute atomic E-state index is 0.681. The first-order valence-corrected chi connectivity index (χ1v) is 16.9. The van der Waals surface area contributed by atoms with Crippen LogP contribution in [0.1, 0.15) is 186 Å². The van der Waals surface area contributed by atoms with E-state index in [0.29, 0.717) is 10.8 Å². The molecule has 0 heterocycles. The molecule has 0 spiro atoms. The molecule has 212 valence electrons. The molecule has 2 aliphatic rings. The second-order valence-electron chi connectivity index (χ2n) is 13.2. The second kappa shape index (κ2) is 20.9. The summed E-state index contributed by atoms with van der Waals surface area (Å²) in [6.07, 6.45) is 41.4. The summed E-state index contributed by atoms with van der Waals surface area (Å²) in [6.45, 7) is 15.2. The van der Waals surface area contributed by atoms with Crippen molar-refractivity contribution in [1.29, 1.82) is 0 Å². The van der Waals surface area contributed by atoms with Gasteiger partial charge in [0.15, 0.2) is 0 Å². The van der Waals surface area contributed by atoms with Gasteiger partial charge in [0.1, 0.15) is 0 Å². The van der Waals surface area contributed by atoms with Crippen molar-refractivity contribution in [2.24, 2.45) is 10.8 Å². The minimum Gasteiger partial charge on any atom is -0.317 e. The van der Waals surface area contributed by atoms with Crippen molar-refractivity contribution < 1.29 is 0 Å². The van der Waals surface area contributed by atoms with Crippen LogP contribution in [0.5, 0.6) is 0 Å². The van der Waals surface area contributed by atoms with Crippen LogP contribution in [0.4, 0.5) is 0 Å². The molecule has 0 radical (unpaired) electrons. The maximum atomic E-state index is 6.89. The molecule has 2 nitrogen and oxygen atoms in total. The summed E-state index contributed by atoms with van der Waals surface area (Å²) in [5.41, 5.74) is 1.36. The molecule has 2 rings (SSSR count). The molecule has 2 fully saturated rings. The molecular formula is C35H62N2. The molecule has 37 heavy (non-hydrogen) atoms. The van der Waals surface area contributed by atoms with Crippen molar-refractivity contribution in [1.82, 2.24) is 0 Å². The summed E-state index contributed by atoms with van der Waals surface area (Å²) in [7, 11) is 0. The zero-order chi connectivity index (χ0) is 26.3. The Labute approximate surface area is 232 Å². The maximum Gasteiger partial charge on any atom is 0.214 e. The van der Waals surface area contributed by atoms with E-state index >= 15 is 0 Å². The molecule has 0 aromatic carbocycles. The minimum atomic E-state index is 0.681. The third kappa shape index (κ3) is 14.6. The average molecular weight is 511 g/mol. The van der Waals surface area contributed by atoms with Gasteiger partial charge in [-0.05, 0) is 68.6 Å². The summed E-state index contributed by atoms with van der Waals surface area (Å²) in [5.74, 6) is 0. The summed E-state index contributed by atoms with van der Waals surface area (Å²) in [4.78, 5) is 6.95. The monoisotopic (exact) mass is 510 g/mol. The number of unbranched alkanes of at least 4 members (excludes halogenated alkanes) is 14. The smallest absolute Gasteiger partial charge is 0.214 e. The first-order valence-electron chi connectivity index (χ1n) is 16.9. The van der Waals surface area contributed by atoms with Crippen molar-refractivity contribution in [3.05, 3.63) is 22.8 Å².